The van der Waals surface area contributed by atoms with Gasteiger partial charge in [0.2, 0.25) is 0 Å². The molecule has 0 aromatic carbocycles. The van der Waals surface area contributed by atoms with Crippen LogP contribution in [0.5, 0.6) is 0 Å². The topological polar surface area (TPSA) is 30.2 Å². The van der Waals surface area contributed by atoms with Gasteiger partial charge in [0.15, 0.2) is 0 Å². The zero-order chi connectivity index (χ0) is 11.4. The summed E-state index contributed by atoms with van der Waals surface area (Å²) in [5.41, 5.74) is 0.125. The van der Waals surface area contributed by atoms with Gasteiger partial charge in [-0.15, -0.1) is 0 Å². The maximum Gasteiger partial charge on any atom is 0.328 e. The van der Waals surface area contributed by atoms with Crippen molar-refractivity contribution < 1.29 is 0 Å². The quantitative estimate of drug-likeness (QED) is 0.766. The van der Waals surface area contributed by atoms with Gasteiger partial charge in [-0.25, -0.2) is 4.79 Å². The Balaban J connectivity index is 1.88. The van der Waals surface area contributed by atoms with Crippen molar-refractivity contribution in [1.82, 2.24) is 14.0 Å². The number of piperidine rings is 1. The maximum atomic E-state index is 11.8. The third-order valence-electron chi connectivity index (χ3n) is 3.36. The van der Waals surface area contributed by atoms with Crippen LogP contribution in [0.25, 0.3) is 0 Å². The minimum atomic E-state index is 0.125. The Bertz CT molecular complexity index is 374. The summed E-state index contributed by atoms with van der Waals surface area (Å²) in [6, 6.07) is 0. The predicted molar refractivity (Wildman–Crippen MR) is 64.7 cm³/mol. The molecule has 4 nitrogen and oxygen atoms in total. The molecule has 0 saturated carbocycles. The molecular weight excluding hydrogens is 202 g/mol. The largest absolute Gasteiger partial charge is 0.328 e. The van der Waals surface area contributed by atoms with E-state index in [1.54, 1.807) is 4.57 Å². The van der Waals surface area contributed by atoms with Crippen LogP contribution in [0.15, 0.2) is 17.2 Å². The fourth-order valence-electron chi connectivity index (χ4n) is 2.30. The highest BCUT2D eigenvalue weighted by Gasteiger charge is 2.10. The van der Waals surface area contributed by atoms with Crippen molar-refractivity contribution in [1.29, 1.82) is 0 Å². The van der Waals surface area contributed by atoms with Crippen LogP contribution in [0.4, 0.5) is 0 Å². The van der Waals surface area contributed by atoms with Gasteiger partial charge in [0.05, 0.1) is 0 Å². The van der Waals surface area contributed by atoms with Crippen LogP contribution < -0.4 is 5.69 Å². The zero-order valence-corrected chi connectivity index (χ0v) is 10.1. The van der Waals surface area contributed by atoms with Crippen molar-refractivity contribution in [3.05, 3.63) is 22.9 Å². The second kappa shape index (κ2) is 5.34. The smallest absolute Gasteiger partial charge is 0.302 e. The van der Waals surface area contributed by atoms with E-state index in [9.17, 15) is 4.79 Å². The summed E-state index contributed by atoms with van der Waals surface area (Å²) in [7, 11) is 0. The minimum absolute atomic E-state index is 0.125. The molecule has 0 radical (unpaired) electrons. The number of rotatable bonds is 4. The van der Waals surface area contributed by atoms with E-state index in [1.165, 1.54) is 32.4 Å². The lowest BCUT2D eigenvalue weighted by atomic mass is 10.1. The van der Waals surface area contributed by atoms with Gasteiger partial charge in [0.1, 0.15) is 0 Å². The molecule has 16 heavy (non-hydrogen) atoms. The summed E-state index contributed by atoms with van der Waals surface area (Å²) in [6.07, 6.45) is 7.76. The SMILES string of the molecule is CCn1ccn(CCN2CCCCC2)c1=O. The number of nitrogens with zero attached hydrogens (tertiary/aromatic N) is 3. The van der Waals surface area contributed by atoms with Crippen molar-refractivity contribution >= 4 is 0 Å². The van der Waals surface area contributed by atoms with Gasteiger partial charge in [0, 0.05) is 32.0 Å². The fourth-order valence-corrected chi connectivity index (χ4v) is 2.30. The highest BCUT2D eigenvalue weighted by Crippen LogP contribution is 2.07. The summed E-state index contributed by atoms with van der Waals surface area (Å²) in [6.45, 7) is 6.98. The molecule has 1 aromatic rings. The van der Waals surface area contributed by atoms with E-state index in [0.29, 0.717) is 0 Å². The van der Waals surface area contributed by atoms with Gasteiger partial charge in [-0.1, -0.05) is 6.42 Å². The van der Waals surface area contributed by atoms with E-state index < -0.39 is 0 Å². The lowest BCUT2D eigenvalue weighted by molar-refractivity contribution is 0.220. The Labute approximate surface area is 96.5 Å². The van der Waals surface area contributed by atoms with Crippen molar-refractivity contribution in [2.24, 2.45) is 0 Å². The lowest BCUT2D eigenvalue weighted by Gasteiger charge is -2.26. The van der Waals surface area contributed by atoms with Crippen molar-refractivity contribution in [2.45, 2.75) is 39.3 Å². The Hall–Kier alpha value is -1.03. The molecule has 2 rings (SSSR count). The van der Waals surface area contributed by atoms with Crippen LogP contribution in [0, 0.1) is 0 Å². The minimum Gasteiger partial charge on any atom is -0.302 e. The number of imidazole rings is 1. The average molecular weight is 223 g/mol. The fraction of sp³-hybridized carbons (Fsp3) is 0.750. The van der Waals surface area contributed by atoms with Gasteiger partial charge in [-0.05, 0) is 32.9 Å². The monoisotopic (exact) mass is 223 g/mol. The van der Waals surface area contributed by atoms with E-state index in [1.807, 2.05) is 23.9 Å². The average Bonchev–Trinajstić information content (AvgIpc) is 2.69. The van der Waals surface area contributed by atoms with Gasteiger partial charge < -0.3 is 4.90 Å². The van der Waals surface area contributed by atoms with Crippen LogP contribution in [0.2, 0.25) is 0 Å². The summed E-state index contributed by atoms with van der Waals surface area (Å²) < 4.78 is 3.56. The Kier molecular flexibility index (Phi) is 3.83. The summed E-state index contributed by atoms with van der Waals surface area (Å²) in [4.78, 5) is 14.2. The molecule has 1 fully saturated rings. The number of hydrogen-bond donors (Lipinski definition) is 0. The predicted octanol–water partition coefficient (Wildman–Crippen LogP) is 1.16. The first-order chi connectivity index (χ1) is 7.81. The molecule has 1 saturated heterocycles. The van der Waals surface area contributed by atoms with Crippen molar-refractivity contribution in [3.63, 3.8) is 0 Å². The summed E-state index contributed by atoms with van der Waals surface area (Å²) >= 11 is 0. The van der Waals surface area contributed by atoms with Gasteiger partial charge >= 0.3 is 5.69 Å². The molecule has 0 bridgehead atoms. The normalized spacial score (nSPS) is 17.8. The molecule has 2 heterocycles. The van der Waals surface area contributed by atoms with Crippen LogP contribution in [-0.2, 0) is 13.1 Å². The summed E-state index contributed by atoms with van der Waals surface area (Å²) in [5, 5.41) is 0. The van der Waals surface area contributed by atoms with Crippen molar-refractivity contribution in [3.8, 4) is 0 Å². The van der Waals surface area contributed by atoms with E-state index in [4.69, 9.17) is 0 Å². The summed E-state index contributed by atoms with van der Waals surface area (Å²) in [5.74, 6) is 0. The first kappa shape index (κ1) is 11.5. The Morgan fingerprint density at radius 1 is 1.06 bits per heavy atom. The van der Waals surface area contributed by atoms with E-state index >= 15 is 0 Å². The number of hydrogen-bond acceptors (Lipinski definition) is 2. The molecule has 1 aliphatic heterocycles. The molecule has 90 valence electrons. The van der Waals surface area contributed by atoms with Gasteiger partial charge in [-0.2, -0.15) is 0 Å². The molecular formula is C12H21N3O. The first-order valence-electron chi connectivity index (χ1n) is 6.29. The van der Waals surface area contributed by atoms with E-state index in [0.717, 1.165) is 19.6 Å². The second-order valence-corrected chi connectivity index (χ2v) is 4.46. The van der Waals surface area contributed by atoms with Gasteiger partial charge in [-0.3, -0.25) is 9.13 Å². The molecule has 4 heteroatoms. The highest BCUT2D eigenvalue weighted by molar-refractivity contribution is 4.81. The number of aromatic nitrogens is 2. The molecule has 0 aliphatic carbocycles. The lowest BCUT2D eigenvalue weighted by Crippen LogP contribution is -2.34. The van der Waals surface area contributed by atoms with E-state index in [2.05, 4.69) is 4.90 Å². The molecule has 0 unspecified atom stereocenters. The molecule has 0 N–H and O–H groups in total. The first-order valence-corrected chi connectivity index (χ1v) is 6.29. The molecule has 0 amide bonds. The van der Waals surface area contributed by atoms with E-state index in [-0.39, 0.29) is 5.69 Å². The highest BCUT2D eigenvalue weighted by atomic mass is 16.1. The number of aryl methyl sites for hydroxylation is 1. The zero-order valence-electron chi connectivity index (χ0n) is 10.1. The van der Waals surface area contributed by atoms with Crippen LogP contribution in [0.1, 0.15) is 26.2 Å². The molecule has 0 atom stereocenters. The molecule has 0 spiro atoms. The van der Waals surface area contributed by atoms with Crippen LogP contribution in [-0.4, -0.2) is 33.7 Å². The number of likely N-dealkylation sites (tertiary alicyclic amines) is 1. The molecule has 1 aliphatic rings. The third kappa shape index (κ3) is 2.55. The Morgan fingerprint density at radius 3 is 2.38 bits per heavy atom. The standard InChI is InChI=1S/C12H21N3O/c1-2-14-10-11-15(12(14)16)9-8-13-6-4-3-5-7-13/h10-11H,2-9H2,1H3. The third-order valence-corrected chi connectivity index (χ3v) is 3.36. The van der Waals surface area contributed by atoms with Crippen LogP contribution in [0.3, 0.4) is 0 Å². The molecule has 1 aromatic heterocycles. The Morgan fingerprint density at radius 2 is 1.75 bits per heavy atom. The van der Waals surface area contributed by atoms with Crippen molar-refractivity contribution in [2.75, 3.05) is 19.6 Å². The van der Waals surface area contributed by atoms with Crippen LogP contribution >= 0.6 is 0 Å². The maximum absolute atomic E-state index is 11.8. The second-order valence-electron chi connectivity index (χ2n) is 4.46. The van der Waals surface area contributed by atoms with Gasteiger partial charge in [0.25, 0.3) is 0 Å².